The van der Waals surface area contributed by atoms with Crippen LogP contribution in [0, 0.1) is 6.92 Å². The molecule has 1 aliphatic heterocycles. The van der Waals surface area contributed by atoms with Crippen molar-refractivity contribution in [1.29, 1.82) is 0 Å². The molecule has 31 heavy (non-hydrogen) atoms. The molecule has 0 bridgehead atoms. The molecule has 0 unspecified atom stereocenters. The van der Waals surface area contributed by atoms with Crippen molar-refractivity contribution in [2.75, 3.05) is 49.6 Å². The first kappa shape index (κ1) is 20.8. The molecule has 1 fully saturated rings. The summed E-state index contributed by atoms with van der Waals surface area (Å²) in [7, 11) is 1.77. The molecule has 162 valence electrons. The smallest absolute Gasteiger partial charge is 0.269 e. The van der Waals surface area contributed by atoms with E-state index in [1.807, 2.05) is 43.3 Å². The summed E-state index contributed by atoms with van der Waals surface area (Å²) in [5.41, 5.74) is 2.28. The molecule has 2 N–H and O–H groups in total. The third-order valence-electron chi connectivity index (χ3n) is 5.06. The van der Waals surface area contributed by atoms with E-state index < -0.39 is 0 Å². The van der Waals surface area contributed by atoms with E-state index >= 15 is 0 Å². The summed E-state index contributed by atoms with van der Waals surface area (Å²) in [5, 5.41) is 10.7. The van der Waals surface area contributed by atoms with Gasteiger partial charge in [0, 0.05) is 44.9 Å². The van der Waals surface area contributed by atoms with E-state index in [-0.39, 0.29) is 5.91 Å². The van der Waals surface area contributed by atoms with Gasteiger partial charge in [0.05, 0.1) is 18.9 Å². The fourth-order valence-corrected chi connectivity index (χ4v) is 3.48. The predicted molar refractivity (Wildman–Crippen MR) is 119 cm³/mol. The monoisotopic (exact) mass is 421 g/mol. The van der Waals surface area contributed by atoms with Crippen LogP contribution in [0.3, 0.4) is 0 Å². The fraction of sp³-hybridized carbons (Fsp3) is 0.364. The quantitative estimate of drug-likeness (QED) is 0.562. The van der Waals surface area contributed by atoms with Crippen molar-refractivity contribution in [2.24, 2.45) is 7.05 Å². The Hall–Kier alpha value is -3.46. The summed E-state index contributed by atoms with van der Waals surface area (Å²) in [6.45, 7) is 5.94. The number of ether oxygens (including phenoxy) is 1. The van der Waals surface area contributed by atoms with Crippen LogP contribution in [0.4, 0.5) is 11.6 Å². The average Bonchev–Trinajstić information content (AvgIpc) is 3.19. The Kier molecular flexibility index (Phi) is 6.42. The molecule has 2 aromatic heterocycles. The number of hydrogen-bond donors (Lipinski definition) is 2. The molecule has 3 aromatic rings. The van der Waals surface area contributed by atoms with Gasteiger partial charge in [-0.2, -0.15) is 5.10 Å². The third-order valence-corrected chi connectivity index (χ3v) is 5.06. The number of carbonyl (C=O) groups excluding carboxylic acids is 1. The van der Waals surface area contributed by atoms with Crippen LogP contribution < -0.4 is 15.5 Å². The first-order chi connectivity index (χ1) is 15.1. The van der Waals surface area contributed by atoms with Crippen LogP contribution >= 0.6 is 0 Å². The molecular weight excluding hydrogens is 394 g/mol. The van der Waals surface area contributed by atoms with Crippen LogP contribution in [-0.2, 0) is 11.8 Å². The molecule has 9 nitrogen and oxygen atoms in total. The molecule has 1 aliphatic rings. The van der Waals surface area contributed by atoms with Gasteiger partial charge in [0.15, 0.2) is 0 Å². The zero-order chi connectivity index (χ0) is 21.6. The summed E-state index contributed by atoms with van der Waals surface area (Å²) in [6.07, 6.45) is 0. The molecule has 1 amide bonds. The number of benzene rings is 1. The number of aromatic nitrogens is 4. The van der Waals surface area contributed by atoms with Crippen LogP contribution in [0.2, 0.25) is 0 Å². The Morgan fingerprint density at radius 2 is 1.87 bits per heavy atom. The van der Waals surface area contributed by atoms with Crippen molar-refractivity contribution >= 4 is 17.5 Å². The SMILES string of the molecule is Cc1nc(NCCNC(=O)c2cc(-c3ccccc3)nn2C)cc(N2CCOCC2)n1. The summed E-state index contributed by atoms with van der Waals surface area (Å²) in [6, 6.07) is 13.6. The highest BCUT2D eigenvalue weighted by Crippen LogP contribution is 2.19. The van der Waals surface area contributed by atoms with Gasteiger partial charge in [-0.05, 0) is 13.0 Å². The summed E-state index contributed by atoms with van der Waals surface area (Å²) in [4.78, 5) is 23.8. The highest BCUT2D eigenvalue weighted by molar-refractivity contribution is 5.93. The second-order valence-electron chi connectivity index (χ2n) is 7.35. The number of aryl methyl sites for hydroxylation is 2. The van der Waals surface area contributed by atoms with E-state index in [1.54, 1.807) is 17.8 Å². The number of amides is 1. The molecule has 0 atom stereocenters. The van der Waals surface area contributed by atoms with Crippen LogP contribution in [0.25, 0.3) is 11.3 Å². The van der Waals surface area contributed by atoms with Crippen molar-refractivity contribution in [3.8, 4) is 11.3 Å². The second kappa shape index (κ2) is 9.57. The molecule has 0 aliphatic carbocycles. The molecule has 1 saturated heterocycles. The Bertz CT molecular complexity index is 1030. The first-order valence-corrected chi connectivity index (χ1v) is 10.4. The predicted octanol–water partition coefficient (Wildman–Crippen LogP) is 1.86. The zero-order valence-corrected chi connectivity index (χ0v) is 17.8. The van der Waals surface area contributed by atoms with E-state index in [0.29, 0.717) is 37.8 Å². The van der Waals surface area contributed by atoms with Gasteiger partial charge in [-0.15, -0.1) is 0 Å². The van der Waals surface area contributed by atoms with Crippen LogP contribution in [0.15, 0.2) is 42.5 Å². The van der Waals surface area contributed by atoms with Crippen LogP contribution in [0.5, 0.6) is 0 Å². The van der Waals surface area contributed by atoms with Crippen LogP contribution in [0.1, 0.15) is 16.3 Å². The lowest BCUT2D eigenvalue weighted by Gasteiger charge is -2.28. The highest BCUT2D eigenvalue weighted by Gasteiger charge is 2.15. The van der Waals surface area contributed by atoms with Crippen molar-refractivity contribution < 1.29 is 9.53 Å². The van der Waals surface area contributed by atoms with Crippen molar-refractivity contribution in [1.82, 2.24) is 25.1 Å². The number of anilines is 2. The standard InChI is InChI=1S/C22H27N7O2/c1-16-25-20(15-21(26-16)29-10-12-31-13-11-29)23-8-9-24-22(30)19-14-18(27-28(19)2)17-6-4-3-5-7-17/h3-7,14-15H,8-13H2,1-2H3,(H,24,30)(H,23,25,26). The average molecular weight is 422 g/mol. The lowest BCUT2D eigenvalue weighted by molar-refractivity contribution is 0.0945. The number of rotatable bonds is 7. The van der Waals surface area contributed by atoms with Gasteiger partial charge in [-0.1, -0.05) is 30.3 Å². The number of morpholine rings is 1. The summed E-state index contributed by atoms with van der Waals surface area (Å²) >= 11 is 0. The van der Waals surface area contributed by atoms with E-state index in [2.05, 4.69) is 30.6 Å². The van der Waals surface area contributed by atoms with E-state index in [0.717, 1.165) is 36.0 Å². The maximum Gasteiger partial charge on any atom is 0.269 e. The van der Waals surface area contributed by atoms with Crippen molar-refractivity contribution in [2.45, 2.75) is 6.92 Å². The van der Waals surface area contributed by atoms with Gasteiger partial charge in [0.1, 0.15) is 23.2 Å². The van der Waals surface area contributed by atoms with E-state index in [1.165, 1.54) is 0 Å². The van der Waals surface area contributed by atoms with Gasteiger partial charge < -0.3 is 20.3 Å². The largest absolute Gasteiger partial charge is 0.378 e. The Morgan fingerprint density at radius 3 is 2.65 bits per heavy atom. The topological polar surface area (TPSA) is 97.2 Å². The van der Waals surface area contributed by atoms with Gasteiger partial charge >= 0.3 is 0 Å². The minimum Gasteiger partial charge on any atom is -0.378 e. The third kappa shape index (κ3) is 5.18. The lowest BCUT2D eigenvalue weighted by atomic mass is 10.1. The Labute approximate surface area is 181 Å². The van der Waals surface area contributed by atoms with Crippen LogP contribution in [-0.4, -0.2) is 65.0 Å². The fourth-order valence-electron chi connectivity index (χ4n) is 3.48. The minimum absolute atomic E-state index is 0.160. The van der Waals surface area contributed by atoms with Crippen molar-refractivity contribution in [3.05, 3.63) is 54.0 Å². The number of nitrogens with zero attached hydrogens (tertiary/aromatic N) is 5. The Balaban J connectivity index is 1.31. The maximum atomic E-state index is 12.6. The van der Waals surface area contributed by atoms with Gasteiger partial charge in [0.2, 0.25) is 0 Å². The van der Waals surface area contributed by atoms with Gasteiger partial charge in [-0.3, -0.25) is 9.48 Å². The Morgan fingerprint density at radius 1 is 1.10 bits per heavy atom. The van der Waals surface area contributed by atoms with Gasteiger partial charge in [-0.25, -0.2) is 9.97 Å². The molecule has 4 rings (SSSR count). The number of hydrogen-bond acceptors (Lipinski definition) is 7. The molecule has 9 heteroatoms. The highest BCUT2D eigenvalue weighted by atomic mass is 16.5. The number of nitrogens with one attached hydrogen (secondary N) is 2. The first-order valence-electron chi connectivity index (χ1n) is 10.4. The molecular formula is C22H27N7O2. The molecule has 0 spiro atoms. The lowest BCUT2D eigenvalue weighted by Crippen LogP contribution is -2.37. The van der Waals surface area contributed by atoms with E-state index in [9.17, 15) is 4.79 Å². The molecule has 1 aromatic carbocycles. The molecule has 3 heterocycles. The minimum atomic E-state index is -0.160. The summed E-state index contributed by atoms with van der Waals surface area (Å²) in [5.74, 6) is 2.19. The molecule has 0 radical (unpaired) electrons. The normalized spacial score (nSPS) is 13.8. The zero-order valence-electron chi connectivity index (χ0n) is 17.8. The van der Waals surface area contributed by atoms with Gasteiger partial charge in [0.25, 0.3) is 5.91 Å². The summed E-state index contributed by atoms with van der Waals surface area (Å²) < 4.78 is 7.01. The van der Waals surface area contributed by atoms with Crippen molar-refractivity contribution in [3.63, 3.8) is 0 Å². The van der Waals surface area contributed by atoms with E-state index in [4.69, 9.17) is 4.74 Å². The molecule has 0 saturated carbocycles. The second-order valence-corrected chi connectivity index (χ2v) is 7.35. The maximum absolute atomic E-state index is 12.6. The number of carbonyl (C=O) groups is 1.